The van der Waals surface area contributed by atoms with Crippen molar-refractivity contribution in [2.75, 3.05) is 11.0 Å². The maximum atomic E-state index is 14.0. The van der Waals surface area contributed by atoms with Gasteiger partial charge in [-0.3, -0.25) is 4.79 Å². The van der Waals surface area contributed by atoms with Gasteiger partial charge in [0.2, 0.25) is 5.91 Å². The number of benzene rings is 2. The van der Waals surface area contributed by atoms with Crippen LogP contribution in [0.25, 0.3) is 0 Å². The summed E-state index contributed by atoms with van der Waals surface area (Å²) >= 11 is 5.86. The van der Waals surface area contributed by atoms with Crippen molar-refractivity contribution >= 4 is 34.2 Å². The van der Waals surface area contributed by atoms with Crippen molar-refractivity contribution in [1.29, 1.82) is 0 Å². The first kappa shape index (κ1) is 22.2. The predicted molar refractivity (Wildman–Crippen MR) is 101 cm³/mol. The van der Waals surface area contributed by atoms with E-state index >= 15 is 0 Å². The van der Waals surface area contributed by atoms with E-state index in [9.17, 15) is 26.6 Å². The van der Waals surface area contributed by atoms with Crippen molar-refractivity contribution in [3.8, 4) is 0 Å². The Labute approximate surface area is 166 Å². The molecule has 0 spiro atoms. The zero-order valence-electron chi connectivity index (χ0n) is 14.9. The number of hydrogen-bond donors (Lipinski definition) is 2. The Balaban J connectivity index is 2.05. The average Bonchev–Trinajstić information content (AvgIpc) is 2.60. The topological polar surface area (TPSA) is 58.2 Å². The quantitative estimate of drug-likeness (QED) is 0.649. The third-order valence-corrected chi connectivity index (χ3v) is 4.83. The minimum atomic E-state index is -4.50. The molecule has 152 valence electrons. The number of hydrogen-bond acceptors (Lipinski definition) is 2. The van der Waals surface area contributed by atoms with Gasteiger partial charge in [0.1, 0.15) is 16.8 Å². The van der Waals surface area contributed by atoms with Crippen molar-refractivity contribution in [2.24, 2.45) is 0 Å². The molecule has 2 aromatic rings. The highest BCUT2D eigenvalue weighted by molar-refractivity contribution is 7.85. The van der Waals surface area contributed by atoms with Gasteiger partial charge in [-0.05, 0) is 42.3 Å². The molecular weight excluding hydrogens is 420 g/mol. The molecule has 28 heavy (non-hydrogen) atoms. The van der Waals surface area contributed by atoms with E-state index in [1.165, 1.54) is 24.5 Å². The molecular formula is C18H17ClF4N2O2S. The van der Waals surface area contributed by atoms with Gasteiger partial charge in [-0.1, -0.05) is 23.7 Å². The highest BCUT2D eigenvalue weighted by Gasteiger charge is 2.30. The lowest BCUT2D eigenvalue weighted by molar-refractivity contribution is -0.137. The van der Waals surface area contributed by atoms with Crippen LogP contribution >= 0.6 is 11.6 Å². The highest BCUT2D eigenvalue weighted by atomic mass is 35.5. The fourth-order valence-corrected chi connectivity index (χ4v) is 3.11. The van der Waals surface area contributed by atoms with Gasteiger partial charge < -0.3 is 10.0 Å². The molecule has 0 saturated carbocycles. The van der Waals surface area contributed by atoms with Gasteiger partial charge in [-0.15, -0.1) is 0 Å². The Hall–Kier alpha value is -2.13. The average molecular weight is 437 g/mol. The van der Waals surface area contributed by atoms with Crippen molar-refractivity contribution in [3.63, 3.8) is 0 Å². The number of alkyl halides is 3. The van der Waals surface area contributed by atoms with Crippen molar-refractivity contribution < 1.29 is 26.6 Å². The summed E-state index contributed by atoms with van der Waals surface area (Å²) in [6.45, 7) is 1.49. The summed E-state index contributed by atoms with van der Waals surface area (Å²) in [6, 6.07) is 6.93. The van der Waals surface area contributed by atoms with Crippen molar-refractivity contribution in [2.45, 2.75) is 25.6 Å². The van der Waals surface area contributed by atoms with E-state index in [0.29, 0.717) is 11.1 Å². The second-order valence-corrected chi connectivity index (χ2v) is 7.56. The van der Waals surface area contributed by atoms with Crippen LogP contribution in [0.15, 0.2) is 36.4 Å². The van der Waals surface area contributed by atoms with Crippen molar-refractivity contribution in [1.82, 2.24) is 5.32 Å². The van der Waals surface area contributed by atoms with Crippen LogP contribution in [0.1, 0.15) is 29.5 Å². The Bertz CT molecular complexity index is 906. The van der Waals surface area contributed by atoms with Gasteiger partial charge in [0, 0.05) is 17.8 Å². The Morgan fingerprint density at radius 3 is 2.43 bits per heavy atom. The minimum Gasteiger partial charge on any atom is -0.351 e. The van der Waals surface area contributed by atoms with Crippen LogP contribution in [0.3, 0.4) is 0 Å². The molecule has 2 unspecified atom stereocenters. The molecule has 0 aliphatic heterocycles. The first-order chi connectivity index (χ1) is 13.0. The maximum Gasteiger partial charge on any atom is 0.416 e. The summed E-state index contributed by atoms with van der Waals surface area (Å²) in [5.41, 5.74) is -0.112. The maximum absolute atomic E-state index is 14.0. The monoisotopic (exact) mass is 436 g/mol. The number of amides is 1. The lowest BCUT2D eigenvalue weighted by Crippen LogP contribution is -2.27. The van der Waals surface area contributed by atoms with Crippen LogP contribution < -0.4 is 10.0 Å². The summed E-state index contributed by atoms with van der Waals surface area (Å²) in [4.78, 5) is 12.3. The van der Waals surface area contributed by atoms with E-state index in [2.05, 4.69) is 10.0 Å². The zero-order valence-corrected chi connectivity index (χ0v) is 16.4. The number of anilines is 1. The molecule has 0 heterocycles. The molecule has 0 aliphatic rings. The smallest absolute Gasteiger partial charge is 0.351 e. The predicted octanol–water partition coefficient (Wildman–Crippen LogP) is 4.62. The molecule has 4 nitrogen and oxygen atoms in total. The van der Waals surface area contributed by atoms with Crippen molar-refractivity contribution in [3.05, 3.63) is 63.9 Å². The molecule has 2 aromatic carbocycles. The third-order valence-electron chi connectivity index (χ3n) is 3.97. The van der Waals surface area contributed by atoms with E-state index in [1.54, 1.807) is 6.92 Å². The number of rotatable bonds is 6. The Morgan fingerprint density at radius 2 is 1.89 bits per heavy atom. The standard InChI is InChI=1S/C18H17ClF4N2O2S/c1-10(11-4-6-16(15(20)7-11)25-28(2)27)17(26)24-9-12-3-5-13(8-14(12)19)18(21,22)23/h3-8,10,25H,9H2,1-2H3,(H,24,26). The molecule has 0 radical (unpaired) electrons. The molecule has 0 bridgehead atoms. The summed E-state index contributed by atoms with van der Waals surface area (Å²) in [5, 5.41) is 2.46. The number of carbonyl (C=O) groups excluding carboxylic acids is 1. The van der Waals surface area contributed by atoms with E-state index in [-0.39, 0.29) is 17.3 Å². The van der Waals surface area contributed by atoms with Crippen LogP contribution in [0.4, 0.5) is 23.2 Å². The highest BCUT2D eigenvalue weighted by Crippen LogP contribution is 2.32. The molecule has 0 fully saturated rings. The Morgan fingerprint density at radius 1 is 1.21 bits per heavy atom. The number of halogens is 5. The van der Waals surface area contributed by atoms with Crippen LogP contribution in [-0.4, -0.2) is 16.4 Å². The Kier molecular flexibility index (Phi) is 7.06. The molecule has 0 aliphatic carbocycles. The lowest BCUT2D eigenvalue weighted by atomic mass is 9.99. The van der Waals surface area contributed by atoms with Gasteiger partial charge in [0.05, 0.1) is 17.2 Å². The number of carbonyl (C=O) groups is 1. The number of nitrogens with one attached hydrogen (secondary N) is 2. The fourth-order valence-electron chi connectivity index (χ4n) is 2.39. The van der Waals surface area contributed by atoms with Gasteiger partial charge in [-0.2, -0.15) is 13.2 Å². The molecule has 2 rings (SSSR count). The molecule has 10 heteroatoms. The minimum absolute atomic E-state index is 0.0497. The van der Waals surface area contributed by atoms with Gasteiger partial charge in [0.25, 0.3) is 0 Å². The third kappa shape index (κ3) is 5.68. The summed E-state index contributed by atoms with van der Waals surface area (Å²) in [7, 11) is -1.44. The molecule has 0 aromatic heterocycles. The second-order valence-electron chi connectivity index (χ2n) is 6.04. The van der Waals surface area contributed by atoms with Crippen LogP contribution in [0.2, 0.25) is 5.02 Å². The summed E-state index contributed by atoms with van der Waals surface area (Å²) in [5.74, 6) is -1.82. The largest absolute Gasteiger partial charge is 0.416 e. The molecule has 2 atom stereocenters. The molecule has 1 amide bonds. The summed E-state index contributed by atoms with van der Waals surface area (Å²) < 4.78 is 65.6. The fraction of sp³-hybridized carbons (Fsp3) is 0.278. The van der Waals surface area contributed by atoms with E-state index < -0.39 is 40.4 Å². The van der Waals surface area contributed by atoms with Gasteiger partial charge in [-0.25, -0.2) is 8.60 Å². The first-order valence-corrected chi connectivity index (χ1v) is 9.95. The molecule has 2 N–H and O–H groups in total. The molecule has 0 saturated heterocycles. The summed E-state index contributed by atoms with van der Waals surface area (Å²) in [6.07, 6.45) is -3.15. The second kappa shape index (κ2) is 8.91. The van der Waals surface area contributed by atoms with Crippen LogP contribution in [-0.2, 0) is 28.5 Å². The first-order valence-electron chi connectivity index (χ1n) is 8.02. The van der Waals surface area contributed by atoms with Crippen LogP contribution in [0.5, 0.6) is 0 Å². The van der Waals surface area contributed by atoms with E-state index in [0.717, 1.165) is 18.2 Å². The van der Waals surface area contributed by atoms with Crippen LogP contribution in [0, 0.1) is 5.82 Å². The normalized spacial score (nSPS) is 13.7. The van der Waals surface area contributed by atoms with E-state index in [4.69, 9.17) is 11.6 Å². The SMILES string of the molecule is CC(C(=O)NCc1ccc(C(F)(F)F)cc1Cl)c1ccc(NS(C)=O)c(F)c1. The van der Waals surface area contributed by atoms with Gasteiger partial charge in [0.15, 0.2) is 0 Å². The van der Waals surface area contributed by atoms with Gasteiger partial charge >= 0.3 is 6.18 Å². The van der Waals surface area contributed by atoms with E-state index in [1.807, 2.05) is 0 Å². The zero-order chi connectivity index (χ0) is 21.1. The lowest BCUT2D eigenvalue weighted by Gasteiger charge is -2.15.